The van der Waals surface area contributed by atoms with E-state index in [1.807, 2.05) is 11.4 Å². The van der Waals surface area contributed by atoms with Crippen molar-refractivity contribution in [3.05, 3.63) is 0 Å². The molecular formula is C9H14F3N3O. The molecule has 0 fully saturated rings. The van der Waals surface area contributed by atoms with Gasteiger partial charge >= 0.3 is 6.18 Å². The van der Waals surface area contributed by atoms with E-state index in [9.17, 15) is 18.0 Å². The van der Waals surface area contributed by atoms with Gasteiger partial charge in [0.1, 0.15) is 0 Å². The first-order valence-corrected chi connectivity index (χ1v) is 4.67. The lowest BCUT2D eigenvalue weighted by atomic mass is 10.2. The third-order valence-electron chi connectivity index (χ3n) is 1.80. The summed E-state index contributed by atoms with van der Waals surface area (Å²) >= 11 is 0. The molecule has 0 aliphatic heterocycles. The number of carbonyl (C=O) groups excluding carboxylic acids is 1. The van der Waals surface area contributed by atoms with Gasteiger partial charge in [0.25, 0.3) is 0 Å². The first kappa shape index (κ1) is 14.7. The van der Waals surface area contributed by atoms with Crippen molar-refractivity contribution in [1.29, 1.82) is 5.26 Å². The molecule has 0 heterocycles. The third kappa shape index (κ3) is 7.06. The second kappa shape index (κ2) is 6.33. The van der Waals surface area contributed by atoms with Crippen LogP contribution in [0, 0.1) is 17.2 Å². The Morgan fingerprint density at radius 1 is 1.56 bits per heavy atom. The normalized spacial score (nSPS) is 13.0. The number of carbonyl (C=O) groups is 1. The summed E-state index contributed by atoms with van der Waals surface area (Å²) in [5, 5.41) is 10.5. The Morgan fingerprint density at radius 2 is 2.12 bits per heavy atom. The monoisotopic (exact) mass is 237 g/mol. The number of hydrogen-bond donors (Lipinski definition) is 1. The smallest absolute Gasteiger partial charge is 0.343 e. The average molecular weight is 237 g/mol. The lowest BCUT2D eigenvalue weighted by Gasteiger charge is -2.18. The summed E-state index contributed by atoms with van der Waals surface area (Å²) in [6, 6.07) is 1.94. The zero-order valence-corrected chi connectivity index (χ0v) is 9.14. The second-order valence-corrected chi connectivity index (χ2v) is 3.52. The number of nitrogens with zero attached hydrogens (tertiary/aromatic N) is 2. The van der Waals surface area contributed by atoms with E-state index < -0.39 is 18.6 Å². The van der Waals surface area contributed by atoms with Crippen molar-refractivity contribution in [1.82, 2.24) is 10.2 Å². The fraction of sp³-hybridized carbons (Fsp3) is 0.778. The van der Waals surface area contributed by atoms with E-state index in [0.717, 1.165) is 0 Å². The highest BCUT2D eigenvalue weighted by Crippen LogP contribution is 2.11. The largest absolute Gasteiger partial charge is 0.401 e. The third-order valence-corrected chi connectivity index (χ3v) is 1.80. The maximum Gasteiger partial charge on any atom is 0.401 e. The van der Waals surface area contributed by atoms with Crippen LogP contribution in [0.25, 0.3) is 0 Å². The first-order chi connectivity index (χ1) is 7.26. The van der Waals surface area contributed by atoms with Gasteiger partial charge in [-0.15, -0.1) is 0 Å². The van der Waals surface area contributed by atoms with Crippen molar-refractivity contribution in [2.24, 2.45) is 5.92 Å². The number of amides is 1. The van der Waals surface area contributed by atoms with Gasteiger partial charge in [-0.05, 0) is 6.92 Å². The van der Waals surface area contributed by atoms with Gasteiger partial charge in [-0.1, -0.05) is 0 Å². The van der Waals surface area contributed by atoms with Gasteiger partial charge in [0.2, 0.25) is 5.91 Å². The highest BCUT2D eigenvalue weighted by molar-refractivity contribution is 5.77. The van der Waals surface area contributed by atoms with Gasteiger partial charge in [0, 0.05) is 13.6 Å². The number of hydrogen-bond acceptors (Lipinski definition) is 3. The molecule has 4 nitrogen and oxygen atoms in total. The predicted molar refractivity (Wildman–Crippen MR) is 51.3 cm³/mol. The Balaban J connectivity index is 3.85. The van der Waals surface area contributed by atoms with Crippen LogP contribution in [0.4, 0.5) is 13.2 Å². The Morgan fingerprint density at radius 3 is 2.56 bits per heavy atom. The van der Waals surface area contributed by atoms with Crippen molar-refractivity contribution in [2.75, 3.05) is 26.7 Å². The summed E-state index contributed by atoms with van der Waals surface area (Å²) in [5.74, 6) is -0.803. The summed E-state index contributed by atoms with van der Waals surface area (Å²) in [5.41, 5.74) is 0. The Bertz CT molecular complexity index is 272. The molecular weight excluding hydrogens is 223 g/mol. The van der Waals surface area contributed by atoms with Crippen molar-refractivity contribution in [3.63, 3.8) is 0 Å². The minimum atomic E-state index is -4.32. The SMILES string of the molecule is CC(C#N)CN(C)C(=O)CNCC(F)(F)F. The van der Waals surface area contributed by atoms with Crippen LogP contribution in [0.2, 0.25) is 0 Å². The molecule has 7 heteroatoms. The topological polar surface area (TPSA) is 56.1 Å². The molecule has 0 bridgehead atoms. The summed E-state index contributed by atoms with van der Waals surface area (Å²) in [7, 11) is 1.45. The molecule has 0 aliphatic carbocycles. The molecule has 16 heavy (non-hydrogen) atoms. The highest BCUT2D eigenvalue weighted by atomic mass is 19.4. The minimum absolute atomic E-state index is 0.211. The van der Waals surface area contributed by atoms with Gasteiger partial charge in [-0.2, -0.15) is 18.4 Å². The van der Waals surface area contributed by atoms with Gasteiger partial charge < -0.3 is 10.2 Å². The lowest BCUT2D eigenvalue weighted by molar-refractivity contribution is -0.133. The number of halogens is 3. The van der Waals surface area contributed by atoms with E-state index in [4.69, 9.17) is 5.26 Å². The van der Waals surface area contributed by atoms with E-state index in [-0.39, 0.29) is 19.0 Å². The maximum absolute atomic E-state index is 11.7. The van der Waals surface area contributed by atoms with Crippen molar-refractivity contribution in [3.8, 4) is 6.07 Å². The molecule has 0 aromatic heterocycles. The number of likely N-dealkylation sites (N-methyl/N-ethyl adjacent to an activating group) is 1. The molecule has 0 spiro atoms. The van der Waals surface area contributed by atoms with Crippen molar-refractivity contribution in [2.45, 2.75) is 13.1 Å². The first-order valence-electron chi connectivity index (χ1n) is 4.67. The number of rotatable bonds is 5. The average Bonchev–Trinajstić information content (AvgIpc) is 2.15. The molecule has 0 saturated carbocycles. The quantitative estimate of drug-likeness (QED) is 0.768. The van der Waals surface area contributed by atoms with E-state index in [0.29, 0.717) is 0 Å². The highest BCUT2D eigenvalue weighted by Gasteiger charge is 2.26. The fourth-order valence-electron chi connectivity index (χ4n) is 1.000. The minimum Gasteiger partial charge on any atom is -0.343 e. The molecule has 0 aliphatic rings. The lowest BCUT2D eigenvalue weighted by Crippen LogP contribution is -2.40. The fourth-order valence-corrected chi connectivity index (χ4v) is 1.000. The summed E-state index contributed by atoms with van der Waals surface area (Å²) in [6.07, 6.45) is -4.32. The van der Waals surface area contributed by atoms with Crippen LogP contribution in [0.3, 0.4) is 0 Å². The summed E-state index contributed by atoms with van der Waals surface area (Å²) in [4.78, 5) is 12.5. The van der Waals surface area contributed by atoms with Crippen LogP contribution in [-0.2, 0) is 4.79 Å². The van der Waals surface area contributed by atoms with Gasteiger partial charge in [0.15, 0.2) is 0 Å². The number of nitrogens with one attached hydrogen (secondary N) is 1. The van der Waals surface area contributed by atoms with Gasteiger partial charge in [-0.3, -0.25) is 4.79 Å². The van der Waals surface area contributed by atoms with Crippen LogP contribution in [0.5, 0.6) is 0 Å². The Labute approximate surface area is 92.0 Å². The van der Waals surface area contributed by atoms with Gasteiger partial charge in [-0.25, -0.2) is 0 Å². The Kier molecular flexibility index (Phi) is 5.82. The molecule has 0 aromatic rings. The van der Waals surface area contributed by atoms with Crippen molar-refractivity contribution >= 4 is 5.91 Å². The second-order valence-electron chi connectivity index (χ2n) is 3.52. The maximum atomic E-state index is 11.7. The Hall–Kier alpha value is -1.29. The number of alkyl halides is 3. The summed E-state index contributed by atoms with van der Waals surface area (Å²) in [6.45, 7) is 0.268. The predicted octanol–water partition coefficient (Wildman–Crippen LogP) is 0.756. The van der Waals surface area contributed by atoms with E-state index >= 15 is 0 Å². The van der Waals surface area contributed by atoms with Crippen LogP contribution in [0.1, 0.15) is 6.92 Å². The van der Waals surface area contributed by atoms with E-state index in [1.54, 1.807) is 6.92 Å². The van der Waals surface area contributed by atoms with Crippen LogP contribution in [0.15, 0.2) is 0 Å². The molecule has 92 valence electrons. The van der Waals surface area contributed by atoms with Crippen LogP contribution >= 0.6 is 0 Å². The molecule has 1 atom stereocenters. The molecule has 0 rings (SSSR count). The van der Waals surface area contributed by atoms with Crippen LogP contribution in [-0.4, -0.2) is 43.7 Å². The molecule has 0 aromatic carbocycles. The van der Waals surface area contributed by atoms with E-state index in [1.165, 1.54) is 11.9 Å². The molecule has 0 saturated heterocycles. The molecule has 1 N–H and O–H groups in total. The van der Waals surface area contributed by atoms with Crippen molar-refractivity contribution < 1.29 is 18.0 Å². The summed E-state index contributed by atoms with van der Waals surface area (Å²) < 4.78 is 35.2. The molecule has 0 radical (unpaired) electrons. The standard InChI is InChI=1S/C9H14F3N3O/c1-7(3-13)5-15(2)8(16)4-14-6-9(10,11)12/h7,14H,4-6H2,1-2H3. The molecule has 1 unspecified atom stereocenters. The zero-order valence-electron chi connectivity index (χ0n) is 9.14. The van der Waals surface area contributed by atoms with Gasteiger partial charge in [0.05, 0.1) is 25.1 Å². The van der Waals surface area contributed by atoms with E-state index in [2.05, 4.69) is 0 Å². The molecule has 1 amide bonds. The number of nitriles is 1. The van der Waals surface area contributed by atoms with Crippen LogP contribution < -0.4 is 5.32 Å². The zero-order chi connectivity index (χ0) is 12.8.